The van der Waals surface area contributed by atoms with E-state index in [0.717, 1.165) is 46.3 Å². The van der Waals surface area contributed by atoms with E-state index >= 15 is 0 Å². The Kier molecular flexibility index (Phi) is 7.40. The molecule has 3 aromatic rings. The normalized spacial score (nSPS) is 19.1. The number of ether oxygens (including phenoxy) is 1. The van der Waals surface area contributed by atoms with Crippen LogP contribution in [0.1, 0.15) is 33.2 Å². The van der Waals surface area contributed by atoms with E-state index in [2.05, 4.69) is 25.1 Å². The van der Waals surface area contributed by atoms with E-state index in [9.17, 15) is 4.79 Å². The molecule has 39 heavy (non-hydrogen) atoms. The Morgan fingerprint density at radius 3 is 2.85 bits per heavy atom. The second-order valence-electron chi connectivity index (χ2n) is 9.51. The van der Waals surface area contributed by atoms with Gasteiger partial charge in [-0.15, -0.1) is 21.5 Å². The fourth-order valence-corrected chi connectivity index (χ4v) is 6.96. The zero-order valence-corrected chi connectivity index (χ0v) is 23.1. The van der Waals surface area contributed by atoms with Crippen molar-refractivity contribution in [1.29, 1.82) is 0 Å². The predicted molar refractivity (Wildman–Crippen MR) is 153 cm³/mol. The number of carbonyl (C=O) groups excluding carboxylic acids is 1. The van der Waals surface area contributed by atoms with Crippen molar-refractivity contribution in [2.75, 3.05) is 26.3 Å². The van der Waals surface area contributed by atoms with Crippen molar-refractivity contribution < 1.29 is 9.53 Å². The molecular weight excluding hydrogens is 534 g/mol. The largest absolute Gasteiger partial charge is 0.378 e. The summed E-state index contributed by atoms with van der Waals surface area (Å²) in [7, 11) is 0. The van der Waals surface area contributed by atoms with Gasteiger partial charge in [-0.3, -0.25) is 19.3 Å². The van der Waals surface area contributed by atoms with Crippen LogP contribution in [0.15, 0.2) is 58.9 Å². The number of hydrogen-bond acceptors (Lipinski definition) is 8. The second kappa shape index (κ2) is 11.3. The third-order valence-corrected chi connectivity index (χ3v) is 8.66. The molecule has 1 aliphatic carbocycles. The summed E-state index contributed by atoms with van der Waals surface area (Å²) in [6.45, 7) is 5.00. The van der Waals surface area contributed by atoms with Crippen molar-refractivity contribution in [3.8, 4) is 5.00 Å². The third-order valence-electron chi connectivity index (χ3n) is 7.09. The number of allylic oxidation sites excluding steroid dienone is 1. The van der Waals surface area contributed by atoms with Crippen molar-refractivity contribution in [3.05, 3.63) is 87.2 Å². The Labute approximate surface area is 235 Å². The Morgan fingerprint density at radius 2 is 2.00 bits per heavy atom. The minimum absolute atomic E-state index is 0.0307. The van der Waals surface area contributed by atoms with Crippen molar-refractivity contribution in [2.45, 2.75) is 26.3 Å². The van der Waals surface area contributed by atoms with Gasteiger partial charge in [-0.1, -0.05) is 29.8 Å². The maximum absolute atomic E-state index is 13.2. The van der Waals surface area contributed by atoms with Crippen LogP contribution in [-0.4, -0.2) is 63.8 Å². The van der Waals surface area contributed by atoms with Crippen LogP contribution < -0.4 is 5.32 Å². The van der Waals surface area contributed by atoms with Gasteiger partial charge in [-0.05, 0) is 37.5 Å². The number of benzene rings is 1. The highest BCUT2D eigenvalue weighted by Gasteiger charge is 2.38. The predicted octanol–water partition coefficient (Wildman–Crippen LogP) is 3.86. The SMILES string of the molecule is C1=CNC=CN=C1.Cc1nnc2n1-c1sc3c(c1C(c1ccccc1Cl)=NC2)CC(C(=O)N1CCOCC1)C3. The number of nitrogens with zero attached hydrogens (tertiary/aromatic N) is 6. The second-order valence-corrected chi connectivity index (χ2v) is 11.0. The molecule has 9 nitrogen and oxygen atoms in total. The smallest absolute Gasteiger partial charge is 0.226 e. The zero-order valence-electron chi connectivity index (χ0n) is 21.5. The summed E-state index contributed by atoms with van der Waals surface area (Å²) in [4.78, 5) is 25.2. The average Bonchev–Trinajstić information content (AvgIpc) is 3.48. The lowest BCUT2D eigenvalue weighted by atomic mass is 9.97. The molecule has 7 rings (SSSR count). The summed E-state index contributed by atoms with van der Waals surface area (Å²) in [6.07, 6.45) is 10.3. The first-order valence-electron chi connectivity index (χ1n) is 12.9. The maximum Gasteiger partial charge on any atom is 0.226 e. The van der Waals surface area contributed by atoms with E-state index in [1.807, 2.05) is 48.4 Å². The number of carbonyl (C=O) groups is 1. The molecule has 2 aromatic heterocycles. The van der Waals surface area contributed by atoms with E-state index in [4.69, 9.17) is 21.3 Å². The maximum atomic E-state index is 13.2. The van der Waals surface area contributed by atoms with Crippen molar-refractivity contribution in [1.82, 2.24) is 25.0 Å². The number of fused-ring (bicyclic) bond motifs is 5. The fraction of sp³-hybridized carbons (Fsp3) is 0.321. The molecule has 4 aliphatic rings. The molecule has 1 N–H and O–H groups in total. The van der Waals surface area contributed by atoms with Crippen LogP contribution in [0, 0.1) is 12.8 Å². The van der Waals surface area contributed by atoms with Crippen LogP contribution in [0.2, 0.25) is 5.02 Å². The Morgan fingerprint density at radius 1 is 1.15 bits per heavy atom. The summed E-state index contributed by atoms with van der Waals surface area (Å²) in [5.41, 5.74) is 4.09. The Bertz CT molecular complexity index is 1500. The molecule has 11 heteroatoms. The minimum Gasteiger partial charge on any atom is -0.378 e. The number of aromatic nitrogens is 3. The zero-order chi connectivity index (χ0) is 26.8. The standard InChI is InChI=1S/C23H22ClN5O2S.C5H6N2/c1-13-26-27-19-12-25-21(15-4-2-3-5-17(15)24)20-16-10-14(11-18(16)32-23(20)29(13)19)22(30)28-6-8-31-9-7-28;1-2-6-4-5-7-3-1/h2-5,14H,6-12H2,1H3;1-6H. The highest BCUT2D eigenvalue weighted by molar-refractivity contribution is 7.15. The molecule has 5 heterocycles. The van der Waals surface area contributed by atoms with Crippen LogP contribution in [0.4, 0.5) is 0 Å². The first kappa shape index (κ1) is 25.7. The lowest BCUT2D eigenvalue weighted by Crippen LogP contribution is -2.44. The number of aryl methyl sites for hydroxylation is 1. The monoisotopic (exact) mass is 561 g/mol. The summed E-state index contributed by atoms with van der Waals surface area (Å²) in [6, 6.07) is 7.82. The van der Waals surface area contributed by atoms with E-state index in [1.165, 1.54) is 10.4 Å². The van der Waals surface area contributed by atoms with Gasteiger partial charge in [0.2, 0.25) is 5.91 Å². The number of halogens is 1. The molecule has 1 fully saturated rings. The van der Waals surface area contributed by atoms with Gasteiger partial charge in [0.05, 0.1) is 18.9 Å². The molecule has 0 bridgehead atoms. The molecule has 1 saturated heterocycles. The van der Waals surface area contributed by atoms with E-state index in [0.29, 0.717) is 37.9 Å². The summed E-state index contributed by atoms with van der Waals surface area (Å²) in [5, 5.41) is 13.3. The van der Waals surface area contributed by atoms with Gasteiger partial charge in [0.25, 0.3) is 0 Å². The number of thiophene rings is 1. The molecule has 0 spiro atoms. The lowest BCUT2D eigenvalue weighted by molar-refractivity contribution is -0.139. The highest BCUT2D eigenvalue weighted by Crippen LogP contribution is 2.43. The van der Waals surface area contributed by atoms with E-state index in [1.54, 1.807) is 30.0 Å². The van der Waals surface area contributed by atoms with Crippen molar-refractivity contribution >= 4 is 40.8 Å². The van der Waals surface area contributed by atoms with Crippen molar-refractivity contribution in [2.24, 2.45) is 15.9 Å². The third kappa shape index (κ3) is 5.07. The molecule has 3 aliphatic heterocycles. The number of rotatable bonds is 2. The minimum atomic E-state index is -0.0307. The molecule has 1 unspecified atom stereocenters. The number of hydrogen-bond donors (Lipinski definition) is 1. The van der Waals surface area contributed by atoms with Crippen LogP contribution >= 0.6 is 22.9 Å². The van der Waals surface area contributed by atoms with Crippen LogP contribution in [0.25, 0.3) is 5.00 Å². The quantitative estimate of drug-likeness (QED) is 0.512. The number of aliphatic imine (C=N–C) groups is 2. The van der Waals surface area contributed by atoms with Gasteiger partial charge < -0.3 is 15.0 Å². The van der Waals surface area contributed by atoms with Crippen LogP contribution in [0.3, 0.4) is 0 Å². The average molecular weight is 562 g/mol. The molecule has 0 radical (unpaired) electrons. The topological polar surface area (TPSA) is 97.0 Å². The van der Waals surface area contributed by atoms with E-state index < -0.39 is 0 Å². The van der Waals surface area contributed by atoms with E-state index in [-0.39, 0.29) is 11.8 Å². The number of amides is 1. The first-order valence-corrected chi connectivity index (χ1v) is 14.1. The van der Waals surface area contributed by atoms with Gasteiger partial charge in [-0.25, -0.2) is 0 Å². The van der Waals surface area contributed by atoms with Crippen LogP contribution in [0.5, 0.6) is 0 Å². The molecular formula is C28H28ClN7O2S. The lowest BCUT2D eigenvalue weighted by Gasteiger charge is -2.29. The Hall–Kier alpha value is -3.60. The van der Waals surface area contributed by atoms with Gasteiger partial charge in [0, 0.05) is 64.8 Å². The van der Waals surface area contributed by atoms with Gasteiger partial charge in [-0.2, -0.15) is 0 Å². The molecule has 1 aromatic carbocycles. The fourth-order valence-electron chi connectivity index (χ4n) is 5.25. The highest BCUT2D eigenvalue weighted by atomic mass is 35.5. The van der Waals surface area contributed by atoms with Gasteiger partial charge in [0.1, 0.15) is 17.4 Å². The summed E-state index contributed by atoms with van der Waals surface area (Å²) >= 11 is 8.34. The first-order chi connectivity index (χ1) is 19.1. The number of morpholine rings is 1. The molecule has 0 saturated carbocycles. The van der Waals surface area contributed by atoms with Gasteiger partial charge in [0.15, 0.2) is 5.82 Å². The molecule has 1 amide bonds. The number of nitrogens with one attached hydrogen (secondary N) is 1. The molecule has 200 valence electrons. The van der Waals surface area contributed by atoms with Crippen molar-refractivity contribution in [3.63, 3.8) is 0 Å². The Balaban J connectivity index is 0.000000346. The van der Waals surface area contributed by atoms with Gasteiger partial charge >= 0.3 is 0 Å². The summed E-state index contributed by atoms with van der Waals surface area (Å²) < 4.78 is 7.54. The molecule has 1 atom stereocenters. The van der Waals surface area contributed by atoms with Crippen LogP contribution in [-0.2, 0) is 28.9 Å². The summed E-state index contributed by atoms with van der Waals surface area (Å²) in [5.74, 6) is 1.87.